The number of halogens is 2. The van der Waals surface area contributed by atoms with Crippen molar-refractivity contribution in [1.29, 1.82) is 0 Å². The molecule has 6 heteroatoms. The summed E-state index contributed by atoms with van der Waals surface area (Å²) in [4.78, 5) is 12.8. The van der Waals surface area contributed by atoms with Gasteiger partial charge in [0.05, 0.1) is 17.2 Å². The molecule has 2 aromatic rings. The van der Waals surface area contributed by atoms with Crippen LogP contribution < -0.4 is 5.32 Å². The summed E-state index contributed by atoms with van der Waals surface area (Å²) in [5, 5.41) is 14.2. The average molecular weight is 330 g/mol. The second-order valence-electron chi connectivity index (χ2n) is 5.13. The summed E-state index contributed by atoms with van der Waals surface area (Å²) in [6.07, 6.45) is 2.64. The SMILES string of the molecule is O=C(NC1(CO)CCC1)c1sc2cc(Cl)ccc2c1Cl. The van der Waals surface area contributed by atoms with Crippen LogP contribution in [0.4, 0.5) is 0 Å². The van der Waals surface area contributed by atoms with E-state index in [9.17, 15) is 9.90 Å². The van der Waals surface area contributed by atoms with Gasteiger partial charge in [0.25, 0.3) is 5.91 Å². The molecular formula is C14H13Cl2NO2S. The van der Waals surface area contributed by atoms with Gasteiger partial charge in [0.15, 0.2) is 0 Å². The second kappa shape index (κ2) is 5.19. The molecule has 1 aliphatic carbocycles. The standard InChI is InChI=1S/C14H13Cl2NO2S/c15-8-2-3-9-10(6-8)20-12(11(9)16)13(19)17-14(7-18)4-1-5-14/h2-3,6,18H,1,4-5,7H2,(H,17,19). The Morgan fingerprint density at radius 1 is 1.40 bits per heavy atom. The first-order valence-electron chi connectivity index (χ1n) is 6.36. The first-order chi connectivity index (χ1) is 9.54. The molecule has 0 radical (unpaired) electrons. The second-order valence-corrected chi connectivity index (χ2v) is 7.00. The molecule has 1 aliphatic rings. The van der Waals surface area contributed by atoms with Crippen LogP contribution in [0.2, 0.25) is 10.0 Å². The highest BCUT2D eigenvalue weighted by Crippen LogP contribution is 2.38. The summed E-state index contributed by atoms with van der Waals surface area (Å²) in [6, 6.07) is 5.37. The maximum Gasteiger partial charge on any atom is 0.263 e. The number of carbonyl (C=O) groups excluding carboxylic acids is 1. The van der Waals surface area contributed by atoms with E-state index in [1.807, 2.05) is 6.07 Å². The molecule has 20 heavy (non-hydrogen) atoms. The fourth-order valence-corrected chi connectivity index (χ4v) is 4.10. The Balaban J connectivity index is 1.93. The number of nitrogens with one attached hydrogen (secondary N) is 1. The molecule has 1 heterocycles. The number of hydrogen-bond donors (Lipinski definition) is 2. The molecule has 2 N–H and O–H groups in total. The number of rotatable bonds is 3. The third-order valence-corrected chi connectivity index (χ3v) is 5.68. The molecule has 1 fully saturated rings. The van der Waals surface area contributed by atoms with Gasteiger partial charge in [0.1, 0.15) is 4.88 Å². The number of aliphatic hydroxyl groups is 1. The molecule has 0 unspecified atom stereocenters. The summed E-state index contributed by atoms with van der Waals surface area (Å²) < 4.78 is 0.888. The fourth-order valence-electron chi connectivity index (χ4n) is 2.41. The molecular weight excluding hydrogens is 317 g/mol. The van der Waals surface area contributed by atoms with Crippen LogP contribution in [0.1, 0.15) is 28.9 Å². The molecule has 0 atom stereocenters. The summed E-state index contributed by atoms with van der Waals surface area (Å²) in [6.45, 7) is -0.0346. The zero-order valence-corrected chi connectivity index (χ0v) is 12.9. The highest BCUT2D eigenvalue weighted by atomic mass is 35.5. The van der Waals surface area contributed by atoms with Crippen molar-refractivity contribution >= 4 is 50.5 Å². The number of benzene rings is 1. The van der Waals surface area contributed by atoms with Crippen molar-refractivity contribution in [2.24, 2.45) is 0 Å². The van der Waals surface area contributed by atoms with E-state index in [4.69, 9.17) is 23.2 Å². The van der Waals surface area contributed by atoms with Crippen LogP contribution in [0, 0.1) is 0 Å². The average Bonchev–Trinajstić information content (AvgIpc) is 2.70. The lowest BCUT2D eigenvalue weighted by molar-refractivity contribution is 0.0645. The third kappa shape index (κ3) is 2.31. The van der Waals surface area contributed by atoms with Gasteiger partial charge in [-0.05, 0) is 31.4 Å². The predicted octanol–water partition coefficient (Wildman–Crippen LogP) is 3.85. The topological polar surface area (TPSA) is 49.3 Å². The van der Waals surface area contributed by atoms with Crippen molar-refractivity contribution < 1.29 is 9.90 Å². The Morgan fingerprint density at radius 3 is 2.75 bits per heavy atom. The maximum atomic E-state index is 12.4. The maximum absolute atomic E-state index is 12.4. The molecule has 1 saturated carbocycles. The Morgan fingerprint density at radius 2 is 2.15 bits per heavy atom. The Hall–Kier alpha value is -0.810. The number of thiophene rings is 1. The van der Waals surface area contributed by atoms with Gasteiger partial charge in [0.2, 0.25) is 0 Å². The summed E-state index contributed by atoms with van der Waals surface area (Å²) in [5.74, 6) is -0.221. The minimum absolute atomic E-state index is 0.0346. The lowest BCUT2D eigenvalue weighted by Crippen LogP contribution is -2.56. The van der Waals surface area contributed by atoms with Gasteiger partial charge in [0, 0.05) is 15.1 Å². The lowest BCUT2D eigenvalue weighted by atomic mass is 9.77. The number of aliphatic hydroxyl groups excluding tert-OH is 1. The quantitative estimate of drug-likeness (QED) is 0.898. The zero-order chi connectivity index (χ0) is 14.3. The van der Waals surface area contributed by atoms with Crippen LogP contribution >= 0.6 is 34.5 Å². The van der Waals surface area contributed by atoms with Crippen LogP contribution in [0.25, 0.3) is 10.1 Å². The molecule has 106 valence electrons. The van der Waals surface area contributed by atoms with Crippen LogP contribution in [0.15, 0.2) is 18.2 Å². The molecule has 1 aromatic carbocycles. The Labute approximate surface area is 130 Å². The van der Waals surface area contributed by atoms with E-state index in [2.05, 4.69) is 5.32 Å². The smallest absolute Gasteiger partial charge is 0.263 e. The number of fused-ring (bicyclic) bond motifs is 1. The molecule has 0 spiro atoms. The van der Waals surface area contributed by atoms with Gasteiger partial charge in [-0.2, -0.15) is 0 Å². The highest BCUT2D eigenvalue weighted by Gasteiger charge is 2.38. The van der Waals surface area contributed by atoms with Crippen molar-refractivity contribution in [2.45, 2.75) is 24.8 Å². The van der Waals surface area contributed by atoms with Crippen LogP contribution in [0.3, 0.4) is 0 Å². The number of amides is 1. The first-order valence-corrected chi connectivity index (χ1v) is 7.93. The molecule has 3 rings (SSSR count). The Bertz CT molecular complexity index is 674. The molecule has 0 bridgehead atoms. The summed E-state index contributed by atoms with van der Waals surface area (Å²) in [7, 11) is 0. The molecule has 0 aliphatic heterocycles. The van der Waals surface area contributed by atoms with E-state index in [1.54, 1.807) is 12.1 Å². The van der Waals surface area contributed by atoms with Gasteiger partial charge < -0.3 is 10.4 Å². The summed E-state index contributed by atoms with van der Waals surface area (Å²) >= 11 is 13.6. The highest BCUT2D eigenvalue weighted by molar-refractivity contribution is 7.21. The van der Waals surface area contributed by atoms with Gasteiger partial charge in [-0.25, -0.2) is 0 Å². The minimum Gasteiger partial charge on any atom is -0.394 e. The monoisotopic (exact) mass is 329 g/mol. The van der Waals surface area contributed by atoms with Crippen molar-refractivity contribution in [3.05, 3.63) is 33.1 Å². The van der Waals surface area contributed by atoms with E-state index in [-0.39, 0.29) is 12.5 Å². The van der Waals surface area contributed by atoms with Crippen LogP contribution in [-0.4, -0.2) is 23.2 Å². The van der Waals surface area contributed by atoms with Gasteiger partial charge in [-0.1, -0.05) is 29.3 Å². The Kier molecular flexibility index (Phi) is 3.67. The molecule has 1 amide bonds. The number of hydrogen-bond acceptors (Lipinski definition) is 3. The van der Waals surface area contributed by atoms with Crippen LogP contribution in [-0.2, 0) is 0 Å². The lowest BCUT2D eigenvalue weighted by Gasteiger charge is -2.40. The van der Waals surface area contributed by atoms with E-state index >= 15 is 0 Å². The largest absolute Gasteiger partial charge is 0.394 e. The normalized spacial score (nSPS) is 16.9. The first kappa shape index (κ1) is 14.1. The van der Waals surface area contributed by atoms with Crippen LogP contribution in [0.5, 0.6) is 0 Å². The van der Waals surface area contributed by atoms with Gasteiger partial charge in [-0.15, -0.1) is 11.3 Å². The molecule has 1 aromatic heterocycles. The van der Waals surface area contributed by atoms with Crippen molar-refractivity contribution in [3.8, 4) is 0 Å². The minimum atomic E-state index is -0.464. The predicted molar refractivity (Wildman–Crippen MR) is 83.0 cm³/mol. The molecule has 0 saturated heterocycles. The van der Waals surface area contributed by atoms with Crippen molar-refractivity contribution in [2.75, 3.05) is 6.61 Å². The van der Waals surface area contributed by atoms with E-state index in [0.29, 0.717) is 14.9 Å². The van der Waals surface area contributed by atoms with Gasteiger partial charge in [-0.3, -0.25) is 4.79 Å². The third-order valence-electron chi connectivity index (χ3n) is 3.79. The van der Waals surface area contributed by atoms with E-state index < -0.39 is 5.54 Å². The van der Waals surface area contributed by atoms with E-state index in [1.165, 1.54) is 11.3 Å². The number of carbonyl (C=O) groups is 1. The van der Waals surface area contributed by atoms with Gasteiger partial charge >= 0.3 is 0 Å². The van der Waals surface area contributed by atoms with E-state index in [0.717, 1.165) is 29.3 Å². The van der Waals surface area contributed by atoms with Crippen molar-refractivity contribution in [1.82, 2.24) is 5.32 Å². The zero-order valence-electron chi connectivity index (χ0n) is 10.6. The van der Waals surface area contributed by atoms with Crippen molar-refractivity contribution in [3.63, 3.8) is 0 Å². The molecule has 3 nitrogen and oxygen atoms in total. The summed E-state index contributed by atoms with van der Waals surface area (Å²) in [5.41, 5.74) is -0.464. The fraction of sp³-hybridized carbons (Fsp3) is 0.357.